The molecule has 8 nitrogen and oxygen atoms in total. The maximum Gasteiger partial charge on any atom is 0.277 e. The van der Waals surface area contributed by atoms with Gasteiger partial charge >= 0.3 is 0 Å². The fraction of sp³-hybridized carbons (Fsp3) is 0.167. The number of sulfonamides is 1. The average molecular weight is 386 g/mol. The molecule has 0 bridgehead atoms. The Morgan fingerprint density at radius 3 is 2.41 bits per heavy atom. The molecule has 0 amide bonds. The molecule has 0 saturated carbocycles. The Labute approximate surface area is 156 Å². The van der Waals surface area contributed by atoms with Crippen molar-refractivity contribution < 1.29 is 13.3 Å². The van der Waals surface area contributed by atoms with Crippen molar-refractivity contribution in [3.8, 4) is 11.1 Å². The summed E-state index contributed by atoms with van der Waals surface area (Å²) in [5.41, 5.74) is 1.87. The number of aromatic nitrogens is 2. The zero-order chi connectivity index (χ0) is 19.6. The van der Waals surface area contributed by atoms with E-state index in [0.717, 1.165) is 0 Å². The Bertz CT molecular complexity index is 1090. The van der Waals surface area contributed by atoms with Crippen LogP contribution in [0.5, 0.6) is 0 Å². The van der Waals surface area contributed by atoms with Crippen LogP contribution in [0, 0.1) is 17.0 Å². The van der Waals surface area contributed by atoms with E-state index in [4.69, 9.17) is 0 Å². The molecule has 0 aliphatic heterocycles. The van der Waals surface area contributed by atoms with Crippen LogP contribution < -0.4 is 4.72 Å². The SMILES string of the molecule is CCn1cc(S(=O)(=O)Nc2ccc(-c3ccccc3[N+](=O)[O-])cc2)c(C)n1. The molecular formula is C18H18N4O4S. The fourth-order valence-corrected chi connectivity index (χ4v) is 3.98. The molecule has 1 heterocycles. The summed E-state index contributed by atoms with van der Waals surface area (Å²) in [6.07, 6.45) is 1.49. The second kappa shape index (κ2) is 7.20. The zero-order valence-electron chi connectivity index (χ0n) is 14.8. The summed E-state index contributed by atoms with van der Waals surface area (Å²) in [4.78, 5) is 10.8. The number of aryl methyl sites for hydroxylation is 2. The van der Waals surface area contributed by atoms with Crippen molar-refractivity contribution in [2.45, 2.75) is 25.3 Å². The lowest BCUT2D eigenvalue weighted by Gasteiger charge is -2.08. The molecule has 0 spiro atoms. The number of nitro benzene ring substituents is 1. The van der Waals surface area contributed by atoms with E-state index in [0.29, 0.717) is 29.1 Å². The smallest absolute Gasteiger partial charge is 0.277 e. The van der Waals surface area contributed by atoms with E-state index in [1.807, 2.05) is 6.92 Å². The molecular weight excluding hydrogens is 368 g/mol. The highest BCUT2D eigenvalue weighted by Gasteiger charge is 2.20. The van der Waals surface area contributed by atoms with Gasteiger partial charge in [0.1, 0.15) is 4.90 Å². The molecule has 0 saturated heterocycles. The fourth-order valence-electron chi connectivity index (χ4n) is 2.73. The van der Waals surface area contributed by atoms with Crippen LogP contribution in [-0.4, -0.2) is 23.1 Å². The van der Waals surface area contributed by atoms with Crippen LogP contribution in [0.4, 0.5) is 11.4 Å². The monoisotopic (exact) mass is 386 g/mol. The molecule has 0 aliphatic carbocycles. The van der Waals surface area contributed by atoms with Crippen molar-refractivity contribution in [2.75, 3.05) is 4.72 Å². The van der Waals surface area contributed by atoms with Crippen molar-refractivity contribution in [3.63, 3.8) is 0 Å². The highest BCUT2D eigenvalue weighted by atomic mass is 32.2. The molecule has 0 unspecified atom stereocenters. The van der Waals surface area contributed by atoms with Gasteiger partial charge in [0.05, 0.1) is 16.2 Å². The number of hydrogen-bond donors (Lipinski definition) is 1. The third kappa shape index (κ3) is 3.82. The Balaban J connectivity index is 1.88. The van der Waals surface area contributed by atoms with Crippen molar-refractivity contribution in [2.24, 2.45) is 0 Å². The van der Waals surface area contributed by atoms with Crippen molar-refractivity contribution in [1.82, 2.24) is 9.78 Å². The Morgan fingerprint density at radius 1 is 1.15 bits per heavy atom. The molecule has 1 aromatic heterocycles. The van der Waals surface area contributed by atoms with Gasteiger partial charge in [0.25, 0.3) is 15.7 Å². The molecule has 2 aromatic carbocycles. The van der Waals surface area contributed by atoms with Crippen LogP contribution in [0.15, 0.2) is 59.6 Å². The van der Waals surface area contributed by atoms with Gasteiger partial charge in [0.15, 0.2) is 0 Å². The number of para-hydroxylation sites is 1. The van der Waals surface area contributed by atoms with Crippen LogP contribution in [-0.2, 0) is 16.6 Å². The van der Waals surface area contributed by atoms with Crippen LogP contribution in [0.25, 0.3) is 11.1 Å². The minimum Gasteiger partial charge on any atom is -0.280 e. The summed E-state index contributed by atoms with van der Waals surface area (Å²) in [5.74, 6) is 0. The van der Waals surface area contributed by atoms with Gasteiger partial charge in [-0.1, -0.05) is 24.3 Å². The van der Waals surface area contributed by atoms with Crippen molar-refractivity contribution in [3.05, 3.63) is 70.5 Å². The first-order valence-corrected chi connectivity index (χ1v) is 9.71. The van der Waals surface area contributed by atoms with Gasteiger partial charge in [0, 0.05) is 24.5 Å². The molecule has 0 radical (unpaired) electrons. The predicted molar refractivity (Wildman–Crippen MR) is 102 cm³/mol. The van der Waals surface area contributed by atoms with E-state index < -0.39 is 14.9 Å². The van der Waals surface area contributed by atoms with Gasteiger partial charge < -0.3 is 0 Å². The number of hydrogen-bond acceptors (Lipinski definition) is 5. The molecule has 0 fully saturated rings. The standard InChI is InChI=1S/C18H18N4O4S/c1-3-21-12-18(13(2)19-21)27(25,26)20-15-10-8-14(9-11-15)16-6-4-5-7-17(16)22(23)24/h4-12,20H,3H2,1-2H3. The summed E-state index contributed by atoms with van der Waals surface area (Å²) in [7, 11) is -3.77. The van der Waals surface area contributed by atoms with Crippen LogP contribution in [0.1, 0.15) is 12.6 Å². The van der Waals surface area contributed by atoms with Gasteiger partial charge in [-0.05, 0) is 37.6 Å². The number of rotatable bonds is 6. The van der Waals surface area contributed by atoms with E-state index >= 15 is 0 Å². The number of benzene rings is 2. The van der Waals surface area contributed by atoms with Crippen molar-refractivity contribution in [1.29, 1.82) is 0 Å². The highest BCUT2D eigenvalue weighted by molar-refractivity contribution is 7.92. The zero-order valence-corrected chi connectivity index (χ0v) is 15.6. The lowest BCUT2D eigenvalue weighted by Crippen LogP contribution is -2.13. The summed E-state index contributed by atoms with van der Waals surface area (Å²) in [5, 5.41) is 15.3. The summed E-state index contributed by atoms with van der Waals surface area (Å²) in [6.45, 7) is 4.08. The van der Waals surface area contributed by atoms with E-state index in [1.165, 1.54) is 12.3 Å². The predicted octanol–water partition coefficient (Wildman–Crippen LogP) is 3.59. The molecule has 27 heavy (non-hydrogen) atoms. The Hall–Kier alpha value is -3.20. The number of nitrogens with one attached hydrogen (secondary N) is 1. The largest absolute Gasteiger partial charge is 0.280 e. The topological polar surface area (TPSA) is 107 Å². The molecule has 1 N–H and O–H groups in total. The number of anilines is 1. The number of nitrogens with zero attached hydrogens (tertiary/aromatic N) is 3. The van der Waals surface area contributed by atoms with Crippen LogP contribution >= 0.6 is 0 Å². The number of nitro groups is 1. The molecule has 9 heteroatoms. The van der Waals surface area contributed by atoms with Gasteiger partial charge in [-0.2, -0.15) is 5.10 Å². The lowest BCUT2D eigenvalue weighted by molar-refractivity contribution is -0.384. The highest BCUT2D eigenvalue weighted by Crippen LogP contribution is 2.30. The molecule has 0 aliphatic rings. The summed E-state index contributed by atoms with van der Waals surface area (Å²) >= 11 is 0. The first-order valence-electron chi connectivity index (χ1n) is 8.22. The normalized spacial score (nSPS) is 11.3. The van der Waals surface area contributed by atoms with Gasteiger partial charge in [-0.15, -0.1) is 0 Å². The van der Waals surface area contributed by atoms with Gasteiger partial charge in [0.2, 0.25) is 0 Å². The second-order valence-electron chi connectivity index (χ2n) is 5.89. The van der Waals surface area contributed by atoms with Crippen molar-refractivity contribution >= 4 is 21.4 Å². The molecule has 3 aromatic rings. The third-order valence-corrected chi connectivity index (χ3v) is 5.55. The Kier molecular flexibility index (Phi) is 4.95. The first-order chi connectivity index (χ1) is 12.8. The minimum atomic E-state index is -3.77. The quantitative estimate of drug-likeness (QED) is 0.515. The van der Waals surface area contributed by atoms with E-state index in [1.54, 1.807) is 54.1 Å². The maximum atomic E-state index is 12.6. The minimum absolute atomic E-state index is 0.00608. The van der Waals surface area contributed by atoms with E-state index in [-0.39, 0.29) is 10.6 Å². The summed E-state index contributed by atoms with van der Waals surface area (Å²) in [6, 6.07) is 12.8. The molecule has 3 rings (SSSR count). The Morgan fingerprint density at radius 2 is 1.81 bits per heavy atom. The first kappa shape index (κ1) is 18.6. The van der Waals surface area contributed by atoms with Gasteiger partial charge in [-0.3, -0.25) is 19.5 Å². The van der Waals surface area contributed by atoms with E-state index in [9.17, 15) is 18.5 Å². The van der Waals surface area contributed by atoms with Crippen LogP contribution in [0.2, 0.25) is 0 Å². The molecule has 0 atom stereocenters. The van der Waals surface area contributed by atoms with E-state index in [2.05, 4.69) is 9.82 Å². The third-order valence-electron chi connectivity index (χ3n) is 4.06. The average Bonchev–Trinajstić information content (AvgIpc) is 3.04. The van der Waals surface area contributed by atoms with Crippen LogP contribution in [0.3, 0.4) is 0 Å². The second-order valence-corrected chi connectivity index (χ2v) is 7.54. The maximum absolute atomic E-state index is 12.6. The lowest BCUT2D eigenvalue weighted by atomic mass is 10.0. The van der Waals surface area contributed by atoms with Gasteiger partial charge in [-0.25, -0.2) is 8.42 Å². The molecule has 140 valence electrons. The summed E-state index contributed by atoms with van der Waals surface area (Å²) < 4.78 is 29.3.